The zero-order valence-electron chi connectivity index (χ0n) is 8.55. The lowest BCUT2D eigenvalue weighted by molar-refractivity contribution is 0.703. The molecule has 78 valence electrons. The van der Waals surface area contributed by atoms with Crippen LogP contribution in [0.1, 0.15) is 21.6 Å². The molecule has 0 spiro atoms. The largest absolute Gasteiger partial charge is 0.322 e. The summed E-state index contributed by atoms with van der Waals surface area (Å²) in [6.07, 6.45) is 0.815. The van der Waals surface area contributed by atoms with Crippen LogP contribution in [0, 0.1) is 6.92 Å². The van der Waals surface area contributed by atoms with Gasteiger partial charge in [0.15, 0.2) is 0 Å². The topological polar surface area (TPSA) is 51.8 Å². The highest BCUT2D eigenvalue weighted by Crippen LogP contribution is 2.19. The van der Waals surface area contributed by atoms with Crippen LogP contribution < -0.4 is 5.73 Å². The monoisotopic (exact) mass is 219 g/mol. The zero-order chi connectivity index (χ0) is 10.7. The van der Waals surface area contributed by atoms with Crippen LogP contribution in [0.2, 0.25) is 0 Å². The van der Waals surface area contributed by atoms with Crippen LogP contribution in [0.3, 0.4) is 0 Å². The van der Waals surface area contributed by atoms with Crippen molar-refractivity contribution in [3.63, 3.8) is 0 Å². The van der Waals surface area contributed by atoms with E-state index in [-0.39, 0.29) is 6.04 Å². The molecule has 2 aromatic rings. The molecule has 0 amide bonds. The van der Waals surface area contributed by atoms with Gasteiger partial charge < -0.3 is 5.73 Å². The first-order valence-corrected chi connectivity index (χ1v) is 5.67. The van der Waals surface area contributed by atoms with Gasteiger partial charge in [-0.15, -0.1) is 21.5 Å². The van der Waals surface area contributed by atoms with Crippen LogP contribution in [0.5, 0.6) is 0 Å². The Balaban J connectivity index is 2.07. The van der Waals surface area contributed by atoms with Crippen molar-refractivity contribution >= 4 is 11.3 Å². The summed E-state index contributed by atoms with van der Waals surface area (Å²) in [5, 5.41) is 9.90. The second kappa shape index (κ2) is 4.51. The van der Waals surface area contributed by atoms with Gasteiger partial charge in [-0.3, -0.25) is 0 Å². The van der Waals surface area contributed by atoms with E-state index in [1.165, 1.54) is 5.56 Å². The van der Waals surface area contributed by atoms with Gasteiger partial charge in [-0.25, -0.2) is 0 Å². The van der Waals surface area contributed by atoms with E-state index in [1.54, 1.807) is 11.3 Å². The van der Waals surface area contributed by atoms with Crippen molar-refractivity contribution in [2.75, 3.05) is 0 Å². The minimum absolute atomic E-state index is 0.0430. The Kier molecular flexibility index (Phi) is 3.08. The SMILES string of the molecule is Cc1nnc(C(N)Cc2ccccc2)s1. The van der Waals surface area contributed by atoms with E-state index in [0.717, 1.165) is 16.4 Å². The molecule has 2 rings (SSSR count). The fraction of sp³-hybridized carbons (Fsp3) is 0.273. The third-order valence-electron chi connectivity index (χ3n) is 2.16. The van der Waals surface area contributed by atoms with Gasteiger partial charge in [0.05, 0.1) is 6.04 Å². The average Bonchev–Trinajstić information content (AvgIpc) is 2.66. The van der Waals surface area contributed by atoms with Crippen LogP contribution in [0.15, 0.2) is 30.3 Å². The van der Waals surface area contributed by atoms with Gasteiger partial charge in [0.2, 0.25) is 0 Å². The normalized spacial score (nSPS) is 12.7. The zero-order valence-corrected chi connectivity index (χ0v) is 9.37. The molecule has 0 radical (unpaired) electrons. The summed E-state index contributed by atoms with van der Waals surface area (Å²) in [5.41, 5.74) is 7.28. The lowest BCUT2D eigenvalue weighted by atomic mass is 10.1. The van der Waals surface area contributed by atoms with E-state index in [9.17, 15) is 0 Å². The van der Waals surface area contributed by atoms with E-state index < -0.39 is 0 Å². The number of aryl methyl sites for hydroxylation is 1. The Morgan fingerprint density at radius 1 is 1.27 bits per heavy atom. The van der Waals surface area contributed by atoms with E-state index in [2.05, 4.69) is 22.3 Å². The molecule has 0 aliphatic carbocycles. The van der Waals surface area contributed by atoms with Crippen molar-refractivity contribution in [2.45, 2.75) is 19.4 Å². The maximum absolute atomic E-state index is 6.05. The van der Waals surface area contributed by atoms with Crippen molar-refractivity contribution in [2.24, 2.45) is 5.73 Å². The molecule has 4 heteroatoms. The quantitative estimate of drug-likeness (QED) is 0.860. The molecule has 1 atom stereocenters. The number of nitrogens with zero attached hydrogens (tertiary/aromatic N) is 2. The standard InChI is InChI=1S/C11H13N3S/c1-8-13-14-11(15-8)10(12)7-9-5-3-2-4-6-9/h2-6,10H,7,12H2,1H3. The molecule has 0 saturated carbocycles. The van der Waals surface area contributed by atoms with Gasteiger partial charge in [-0.1, -0.05) is 30.3 Å². The number of aromatic nitrogens is 2. The molecule has 1 unspecified atom stereocenters. The molecule has 0 aliphatic rings. The van der Waals surface area contributed by atoms with Crippen LogP contribution in [-0.2, 0) is 6.42 Å². The molecule has 0 aliphatic heterocycles. The summed E-state index contributed by atoms with van der Waals surface area (Å²) >= 11 is 1.57. The molecule has 3 nitrogen and oxygen atoms in total. The van der Waals surface area contributed by atoms with Gasteiger partial charge >= 0.3 is 0 Å². The fourth-order valence-electron chi connectivity index (χ4n) is 1.42. The van der Waals surface area contributed by atoms with Gasteiger partial charge in [0.1, 0.15) is 10.0 Å². The van der Waals surface area contributed by atoms with Gasteiger partial charge in [0, 0.05) is 0 Å². The number of benzene rings is 1. The third kappa shape index (κ3) is 2.61. The fourth-order valence-corrected chi connectivity index (χ4v) is 2.12. The van der Waals surface area contributed by atoms with Crippen molar-refractivity contribution in [1.29, 1.82) is 0 Å². The van der Waals surface area contributed by atoms with Gasteiger partial charge in [-0.2, -0.15) is 0 Å². The number of rotatable bonds is 3. The molecule has 0 saturated heterocycles. The first kappa shape index (κ1) is 10.3. The summed E-state index contributed by atoms with van der Waals surface area (Å²) < 4.78 is 0. The second-order valence-corrected chi connectivity index (χ2v) is 4.67. The highest BCUT2D eigenvalue weighted by Gasteiger charge is 2.11. The molecule has 0 bridgehead atoms. The first-order valence-electron chi connectivity index (χ1n) is 4.85. The van der Waals surface area contributed by atoms with E-state index >= 15 is 0 Å². The van der Waals surface area contributed by atoms with Crippen molar-refractivity contribution < 1.29 is 0 Å². The minimum atomic E-state index is -0.0430. The predicted molar refractivity (Wildman–Crippen MR) is 61.7 cm³/mol. The highest BCUT2D eigenvalue weighted by molar-refractivity contribution is 7.11. The number of hydrogen-bond donors (Lipinski definition) is 1. The average molecular weight is 219 g/mol. The Labute approximate surface area is 93.0 Å². The Morgan fingerprint density at radius 2 is 2.00 bits per heavy atom. The Bertz CT molecular complexity index is 424. The summed E-state index contributed by atoms with van der Waals surface area (Å²) in [6.45, 7) is 1.94. The lowest BCUT2D eigenvalue weighted by Crippen LogP contribution is -2.12. The van der Waals surface area contributed by atoms with Crippen molar-refractivity contribution in [1.82, 2.24) is 10.2 Å². The molecule has 1 aromatic carbocycles. The van der Waals surface area contributed by atoms with E-state index in [0.29, 0.717) is 0 Å². The minimum Gasteiger partial charge on any atom is -0.322 e. The van der Waals surface area contributed by atoms with Crippen LogP contribution in [0.4, 0.5) is 0 Å². The molecular formula is C11H13N3S. The predicted octanol–water partition coefficient (Wildman–Crippen LogP) is 2.09. The summed E-state index contributed by atoms with van der Waals surface area (Å²) in [6, 6.07) is 10.2. The molecular weight excluding hydrogens is 206 g/mol. The maximum atomic E-state index is 6.05. The van der Waals surface area contributed by atoms with Crippen LogP contribution in [-0.4, -0.2) is 10.2 Å². The van der Waals surface area contributed by atoms with Crippen LogP contribution >= 0.6 is 11.3 Å². The van der Waals surface area contributed by atoms with Crippen molar-refractivity contribution in [3.05, 3.63) is 45.9 Å². The Hall–Kier alpha value is -1.26. The van der Waals surface area contributed by atoms with Crippen LogP contribution in [0.25, 0.3) is 0 Å². The number of hydrogen-bond acceptors (Lipinski definition) is 4. The van der Waals surface area contributed by atoms with Crippen molar-refractivity contribution in [3.8, 4) is 0 Å². The molecule has 0 fully saturated rings. The summed E-state index contributed by atoms with van der Waals surface area (Å²) in [4.78, 5) is 0. The first-order chi connectivity index (χ1) is 7.25. The number of nitrogens with two attached hydrogens (primary N) is 1. The highest BCUT2D eigenvalue weighted by atomic mass is 32.1. The van der Waals surface area contributed by atoms with Gasteiger partial charge in [-0.05, 0) is 18.9 Å². The van der Waals surface area contributed by atoms with E-state index in [1.807, 2.05) is 25.1 Å². The third-order valence-corrected chi connectivity index (χ3v) is 3.13. The Morgan fingerprint density at radius 3 is 2.60 bits per heavy atom. The molecule has 15 heavy (non-hydrogen) atoms. The molecule has 1 heterocycles. The second-order valence-electron chi connectivity index (χ2n) is 3.46. The summed E-state index contributed by atoms with van der Waals surface area (Å²) in [5.74, 6) is 0. The van der Waals surface area contributed by atoms with Gasteiger partial charge in [0.25, 0.3) is 0 Å². The maximum Gasteiger partial charge on any atom is 0.134 e. The molecule has 1 aromatic heterocycles. The smallest absolute Gasteiger partial charge is 0.134 e. The lowest BCUT2D eigenvalue weighted by Gasteiger charge is -2.06. The molecule has 2 N–H and O–H groups in total. The van der Waals surface area contributed by atoms with E-state index in [4.69, 9.17) is 5.73 Å². The summed E-state index contributed by atoms with van der Waals surface area (Å²) in [7, 11) is 0.